The van der Waals surface area contributed by atoms with Gasteiger partial charge in [0, 0.05) is 34.7 Å². The highest BCUT2D eigenvalue weighted by atomic mass is 32.2. The normalized spacial score (nSPS) is 27.6. The van der Waals surface area contributed by atoms with Gasteiger partial charge in [0.05, 0.1) is 18.0 Å². The molecule has 1 saturated heterocycles. The largest absolute Gasteiger partial charge is 0.390 e. The van der Waals surface area contributed by atoms with E-state index in [2.05, 4.69) is 4.98 Å². The minimum atomic E-state index is -1.05. The molecule has 8 heteroatoms. The smallest absolute Gasteiger partial charge is 0.330 e. The minimum Gasteiger partial charge on any atom is -0.390 e. The molecule has 4 atom stereocenters. The summed E-state index contributed by atoms with van der Waals surface area (Å²) < 4.78 is 18.4. The number of aliphatic hydroxyl groups excluding tert-OH is 1. The number of ether oxygens (including phenoxy) is 1. The summed E-state index contributed by atoms with van der Waals surface area (Å²) in [5.74, 6) is 0.736. The fraction of sp³-hybridized carbons (Fsp3) is 0.667. The van der Waals surface area contributed by atoms with Crippen molar-refractivity contribution >= 4 is 10.8 Å². The van der Waals surface area contributed by atoms with Crippen LogP contribution in [0.4, 0.5) is 0 Å². The molecule has 112 valence electrons. The first-order valence-electron chi connectivity index (χ1n) is 6.43. The maximum absolute atomic E-state index is 11.8. The summed E-state index contributed by atoms with van der Waals surface area (Å²) in [7, 11) is -1.05. The van der Waals surface area contributed by atoms with Crippen molar-refractivity contribution in [3.8, 4) is 0 Å². The number of aryl methyl sites for hydroxylation is 1. The number of H-pyrrole nitrogens is 1. The molecule has 0 amide bonds. The number of aliphatic hydroxyl groups is 1. The van der Waals surface area contributed by atoms with Gasteiger partial charge in [-0.25, -0.2) is 4.79 Å². The zero-order valence-electron chi connectivity index (χ0n) is 11.4. The second-order valence-electron chi connectivity index (χ2n) is 4.81. The monoisotopic (exact) mass is 302 g/mol. The molecular formula is C12H18N2O5S. The molecule has 0 aromatic carbocycles. The summed E-state index contributed by atoms with van der Waals surface area (Å²) in [5, 5.41) is 9.93. The van der Waals surface area contributed by atoms with Crippen molar-refractivity contribution in [1.29, 1.82) is 0 Å². The van der Waals surface area contributed by atoms with Gasteiger partial charge in [0.2, 0.25) is 0 Å². The van der Waals surface area contributed by atoms with Crippen LogP contribution in [-0.4, -0.2) is 42.6 Å². The van der Waals surface area contributed by atoms with E-state index in [0.717, 1.165) is 0 Å². The van der Waals surface area contributed by atoms with Crippen molar-refractivity contribution in [3.05, 3.63) is 32.6 Å². The number of aromatic amines is 1. The predicted molar refractivity (Wildman–Crippen MR) is 74.1 cm³/mol. The average Bonchev–Trinajstić information content (AvgIpc) is 2.75. The zero-order chi connectivity index (χ0) is 14.9. The molecule has 7 nitrogen and oxygen atoms in total. The van der Waals surface area contributed by atoms with Gasteiger partial charge in [-0.1, -0.05) is 6.92 Å². The molecule has 0 spiro atoms. The number of nitrogens with one attached hydrogen (secondary N) is 1. The Morgan fingerprint density at radius 2 is 2.25 bits per heavy atom. The number of hydrogen-bond donors (Lipinski definition) is 2. The Kier molecular flexibility index (Phi) is 4.56. The van der Waals surface area contributed by atoms with Gasteiger partial charge in [-0.05, 0) is 6.92 Å². The Morgan fingerprint density at radius 3 is 2.90 bits per heavy atom. The van der Waals surface area contributed by atoms with Gasteiger partial charge < -0.3 is 9.84 Å². The standard InChI is InChI=1S/C12H18N2O5S/c1-3-20(18)6-9-8(15)4-10(19-9)14-5-7(2)11(16)13-12(14)17/h5,8-10,15H,3-4,6H2,1-2H3,(H,13,16,17)/t8-,9+,10+,20?/m0/s1. The first-order chi connectivity index (χ1) is 9.42. The van der Waals surface area contributed by atoms with Crippen LogP contribution < -0.4 is 11.2 Å². The Labute approximate surface area is 118 Å². The highest BCUT2D eigenvalue weighted by molar-refractivity contribution is 7.84. The van der Waals surface area contributed by atoms with Crippen molar-refractivity contribution in [2.24, 2.45) is 0 Å². The first kappa shape index (κ1) is 15.1. The van der Waals surface area contributed by atoms with Crippen LogP contribution in [0, 0.1) is 6.92 Å². The van der Waals surface area contributed by atoms with E-state index in [4.69, 9.17) is 4.74 Å². The van der Waals surface area contributed by atoms with Crippen LogP contribution in [0.1, 0.15) is 25.1 Å². The fourth-order valence-electron chi connectivity index (χ4n) is 2.14. The van der Waals surface area contributed by atoms with E-state index in [1.165, 1.54) is 10.8 Å². The summed E-state index contributed by atoms with van der Waals surface area (Å²) in [6, 6.07) is 0. The molecule has 2 N–H and O–H groups in total. The highest BCUT2D eigenvalue weighted by Gasteiger charge is 2.36. The number of aromatic nitrogens is 2. The van der Waals surface area contributed by atoms with Crippen LogP contribution in [0.3, 0.4) is 0 Å². The van der Waals surface area contributed by atoms with E-state index < -0.39 is 40.5 Å². The molecule has 1 aliphatic heterocycles. The molecule has 2 heterocycles. The van der Waals surface area contributed by atoms with Crippen LogP contribution in [0.25, 0.3) is 0 Å². The molecular weight excluding hydrogens is 284 g/mol. The Hall–Kier alpha value is -1.25. The van der Waals surface area contributed by atoms with E-state index in [0.29, 0.717) is 11.3 Å². The number of hydrogen-bond acceptors (Lipinski definition) is 5. The lowest BCUT2D eigenvalue weighted by Crippen LogP contribution is -2.33. The third kappa shape index (κ3) is 3.08. The zero-order valence-corrected chi connectivity index (χ0v) is 12.2. The second-order valence-corrected chi connectivity index (χ2v) is 6.60. The van der Waals surface area contributed by atoms with E-state index in [9.17, 15) is 18.9 Å². The van der Waals surface area contributed by atoms with Crippen molar-refractivity contribution in [3.63, 3.8) is 0 Å². The van der Waals surface area contributed by atoms with Gasteiger partial charge in [-0.15, -0.1) is 0 Å². The van der Waals surface area contributed by atoms with Crippen molar-refractivity contribution in [1.82, 2.24) is 9.55 Å². The number of rotatable bonds is 4. The summed E-state index contributed by atoms with van der Waals surface area (Å²) in [5.41, 5.74) is -0.619. The molecule has 1 unspecified atom stereocenters. The molecule has 1 aromatic rings. The summed E-state index contributed by atoms with van der Waals surface area (Å²) >= 11 is 0. The molecule has 1 aliphatic rings. The molecule has 0 radical (unpaired) electrons. The third-order valence-electron chi connectivity index (χ3n) is 3.33. The van der Waals surface area contributed by atoms with Crippen LogP contribution >= 0.6 is 0 Å². The molecule has 20 heavy (non-hydrogen) atoms. The van der Waals surface area contributed by atoms with E-state index in [1.807, 2.05) is 0 Å². The predicted octanol–water partition coefficient (Wildman–Crippen LogP) is -0.738. The summed E-state index contributed by atoms with van der Waals surface area (Å²) in [6.45, 7) is 3.38. The maximum atomic E-state index is 11.8. The Balaban J connectivity index is 2.20. The molecule has 1 fully saturated rings. The molecule has 0 aliphatic carbocycles. The number of nitrogens with zero attached hydrogens (tertiary/aromatic N) is 1. The lowest BCUT2D eigenvalue weighted by molar-refractivity contribution is -0.00804. The third-order valence-corrected chi connectivity index (χ3v) is 4.68. The van der Waals surface area contributed by atoms with Gasteiger partial charge in [-0.2, -0.15) is 0 Å². The summed E-state index contributed by atoms with van der Waals surface area (Å²) in [4.78, 5) is 25.3. The van der Waals surface area contributed by atoms with Crippen LogP contribution in [-0.2, 0) is 15.5 Å². The lowest BCUT2D eigenvalue weighted by atomic mass is 10.2. The van der Waals surface area contributed by atoms with E-state index in [1.54, 1.807) is 13.8 Å². The first-order valence-corrected chi connectivity index (χ1v) is 7.91. The van der Waals surface area contributed by atoms with E-state index >= 15 is 0 Å². The minimum absolute atomic E-state index is 0.233. The van der Waals surface area contributed by atoms with Gasteiger partial charge in [-0.3, -0.25) is 18.6 Å². The Morgan fingerprint density at radius 1 is 1.55 bits per heavy atom. The molecule has 0 saturated carbocycles. The summed E-state index contributed by atoms with van der Waals surface area (Å²) in [6.07, 6.45) is -0.323. The molecule has 0 bridgehead atoms. The SMILES string of the molecule is CCS(=O)C[C@H]1O[C@@H](n2cc(C)c(=O)[nH]c2=O)C[C@@H]1O. The molecule has 1 aromatic heterocycles. The topological polar surface area (TPSA) is 101 Å². The Bertz CT molecular complexity index is 623. The van der Waals surface area contributed by atoms with E-state index in [-0.39, 0.29) is 12.2 Å². The van der Waals surface area contributed by atoms with Crippen molar-refractivity contribution < 1.29 is 14.1 Å². The van der Waals surface area contributed by atoms with Crippen LogP contribution in [0.2, 0.25) is 0 Å². The highest BCUT2D eigenvalue weighted by Crippen LogP contribution is 2.28. The second kappa shape index (κ2) is 6.02. The quantitative estimate of drug-likeness (QED) is 0.763. The van der Waals surface area contributed by atoms with Gasteiger partial charge in [0.15, 0.2) is 0 Å². The van der Waals surface area contributed by atoms with Crippen LogP contribution in [0.15, 0.2) is 15.8 Å². The van der Waals surface area contributed by atoms with Gasteiger partial charge in [0.25, 0.3) is 5.56 Å². The lowest BCUT2D eigenvalue weighted by Gasteiger charge is -2.15. The average molecular weight is 302 g/mol. The van der Waals surface area contributed by atoms with Crippen molar-refractivity contribution in [2.45, 2.75) is 38.7 Å². The van der Waals surface area contributed by atoms with Gasteiger partial charge >= 0.3 is 5.69 Å². The fourth-order valence-corrected chi connectivity index (χ4v) is 3.04. The molecule has 2 rings (SSSR count). The van der Waals surface area contributed by atoms with Crippen molar-refractivity contribution in [2.75, 3.05) is 11.5 Å². The maximum Gasteiger partial charge on any atom is 0.330 e. The van der Waals surface area contributed by atoms with Gasteiger partial charge in [0.1, 0.15) is 6.23 Å². The van der Waals surface area contributed by atoms with Crippen LogP contribution in [0.5, 0.6) is 0 Å².